The van der Waals surface area contributed by atoms with Gasteiger partial charge in [0.25, 0.3) is 0 Å². The second-order valence-electron chi connectivity index (χ2n) is 5.24. The molecule has 0 saturated carbocycles. The normalized spacial score (nSPS) is 13.3. The third-order valence-electron chi connectivity index (χ3n) is 2.34. The summed E-state index contributed by atoms with van der Waals surface area (Å²) in [6, 6.07) is 0. The van der Waals surface area contributed by atoms with E-state index >= 15 is 0 Å². The van der Waals surface area contributed by atoms with Crippen LogP contribution in [0.1, 0.15) is 41.0 Å². The van der Waals surface area contributed by atoms with Gasteiger partial charge in [0.05, 0.1) is 5.92 Å². The van der Waals surface area contributed by atoms with Gasteiger partial charge in [0.2, 0.25) is 5.91 Å². The van der Waals surface area contributed by atoms with Crippen molar-refractivity contribution in [2.75, 3.05) is 13.1 Å². The van der Waals surface area contributed by atoms with Crippen molar-refractivity contribution in [3.63, 3.8) is 0 Å². The van der Waals surface area contributed by atoms with Crippen molar-refractivity contribution in [3.05, 3.63) is 0 Å². The molecule has 0 aliphatic heterocycles. The van der Waals surface area contributed by atoms with Crippen molar-refractivity contribution in [2.24, 2.45) is 11.3 Å². The predicted octanol–water partition coefficient (Wildman–Crippen LogP) is 1.99. The van der Waals surface area contributed by atoms with E-state index < -0.39 is 17.3 Å². The molecule has 0 fully saturated rings. The molecule has 1 unspecified atom stereocenters. The standard InChI is InChI=1S/C12H23NO3/c1-6-7-13(8-9(2)10(14)15)11(16)12(3,4)5/h9H,6-8H2,1-5H3,(H,14,15). The van der Waals surface area contributed by atoms with Crippen LogP contribution in [0, 0.1) is 11.3 Å². The van der Waals surface area contributed by atoms with Gasteiger partial charge in [-0.1, -0.05) is 34.6 Å². The number of aliphatic carboxylic acids is 1. The molecule has 4 heteroatoms. The molecule has 0 aromatic heterocycles. The fourth-order valence-electron chi connectivity index (χ4n) is 1.43. The van der Waals surface area contributed by atoms with Crippen molar-refractivity contribution in [3.8, 4) is 0 Å². The van der Waals surface area contributed by atoms with Gasteiger partial charge in [-0.25, -0.2) is 0 Å². The molecule has 0 aromatic rings. The molecule has 1 amide bonds. The van der Waals surface area contributed by atoms with Crippen LogP contribution in [0.15, 0.2) is 0 Å². The summed E-state index contributed by atoms with van der Waals surface area (Å²) in [4.78, 5) is 24.5. The molecular formula is C12H23NO3. The first-order valence-electron chi connectivity index (χ1n) is 5.72. The fraction of sp³-hybridized carbons (Fsp3) is 0.833. The van der Waals surface area contributed by atoms with Crippen molar-refractivity contribution < 1.29 is 14.7 Å². The molecular weight excluding hydrogens is 206 g/mol. The van der Waals surface area contributed by atoms with Crippen LogP contribution in [0.2, 0.25) is 0 Å². The lowest BCUT2D eigenvalue weighted by molar-refractivity contribution is -0.145. The molecule has 0 spiro atoms. The van der Waals surface area contributed by atoms with Crippen molar-refractivity contribution in [2.45, 2.75) is 41.0 Å². The number of amides is 1. The Morgan fingerprint density at radius 3 is 2.12 bits per heavy atom. The summed E-state index contributed by atoms with van der Waals surface area (Å²) in [6.45, 7) is 10.1. The molecule has 1 atom stereocenters. The van der Waals surface area contributed by atoms with Crippen LogP contribution < -0.4 is 0 Å². The number of carboxylic acid groups (broad SMARTS) is 1. The van der Waals surface area contributed by atoms with E-state index in [1.54, 1.807) is 11.8 Å². The summed E-state index contributed by atoms with van der Waals surface area (Å²) < 4.78 is 0. The maximum Gasteiger partial charge on any atom is 0.308 e. The number of rotatable bonds is 5. The minimum atomic E-state index is -0.859. The Hall–Kier alpha value is -1.06. The van der Waals surface area contributed by atoms with Crippen LogP contribution in [0.25, 0.3) is 0 Å². The zero-order valence-electron chi connectivity index (χ0n) is 10.9. The van der Waals surface area contributed by atoms with Crippen molar-refractivity contribution in [1.29, 1.82) is 0 Å². The van der Waals surface area contributed by atoms with E-state index in [1.165, 1.54) is 0 Å². The number of hydrogen-bond donors (Lipinski definition) is 1. The molecule has 0 aromatic carbocycles. The molecule has 0 aliphatic rings. The van der Waals surface area contributed by atoms with Crippen molar-refractivity contribution in [1.82, 2.24) is 4.90 Å². The maximum atomic E-state index is 12.0. The molecule has 0 saturated heterocycles. The number of hydrogen-bond acceptors (Lipinski definition) is 2. The highest BCUT2D eigenvalue weighted by Crippen LogP contribution is 2.18. The highest BCUT2D eigenvalue weighted by atomic mass is 16.4. The minimum absolute atomic E-state index is 0.0162. The van der Waals surface area contributed by atoms with E-state index in [-0.39, 0.29) is 5.91 Å². The van der Waals surface area contributed by atoms with E-state index in [4.69, 9.17) is 5.11 Å². The quantitative estimate of drug-likeness (QED) is 0.784. The number of carbonyl (C=O) groups excluding carboxylic acids is 1. The minimum Gasteiger partial charge on any atom is -0.481 e. The molecule has 94 valence electrons. The molecule has 0 aliphatic carbocycles. The van der Waals surface area contributed by atoms with Gasteiger partial charge in [-0.2, -0.15) is 0 Å². The van der Waals surface area contributed by atoms with Crippen LogP contribution in [0.5, 0.6) is 0 Å². The van der Waals surface area contributed by atoms with Crippen LogP contribution in [-0.4, -0.2) is 35.0 Å². The van der Waals surface area contributed by atoms with Crippen LogP contribution in [-0.2, 0) is 9.59 Å². The smallest absolute Gasteiger partial charge is 0.308 e. The fourth-order valence-corrected chi connectivity index (χ4v) is 1.43. The van der Waals surface area contributed by atoms with Gasteiger partial charge >= 0.3 is 5.97 Å². The van der Waals surface area contributed by atoms with Gasteiger partial charge in [0.1, 0.15) is 0 Å². The zero-order valence-corrected chi connectivity index (χ0v) is 10.9. The third-order valence-corrected chi connectivity index (χ3v) is 2.34. The van der Waals surface area contributed by atoms with Crippen LogP contribution in [0.4, 0.5) is 0 Å². The third kappa shape index (κ3) is 4.64. The summed E-state index contributed by atoms with van der Waals surface area (Å²) in [5, 5.41) is 8.85. The SMILES string of the molecule is CCCN(CC(C)C(=O)O)C(=O)C(C)(C)C. The Balaban J connectivity index is 4.62. The summed E-state index contributed by atoms with van der Waals surface area (Å²) in [5.74, 6) is -1.36. The second kappa shape index (κ2) is 5.87. The Labute approximate surface area is 97.6 Å². The van der Waals surface area contributed by atoms with E-state index in [0.29, 0.717) is 13.1 Å². The number of nitrogens with zero attached hydrogens (tertiary/aromatic N) is 1. The van der Waals surface area contributed by atoms with Gasteiger partial charge in [-0.05, 0) is 6.42 Å². The molecule has 0 heterocycles. The summed E-state index contributed by atoms with van der Waals surface area (Å²) in [6.07, 6.45) is 0.841. The Morgan fingerprint density at radius 2 is 1.81 bits per heavy atom. The lowest BCUT2D eigenvalue weighted by Crippen LogP contribution is -2.43. The highest BCUT2D eigenvalue weighted by Gasteiger charge is 2.28. The molecule has 0 rings (SSSR count). The molecule has 4 nitrogen and oxygen atoms in total. The van der Waals surface area contributed by atoms with E-state index in [1.807, 2.05) is 27.7 Å². The monoisotopic (exact) mass is 229 g/mol. The number of carbonyl (C=O) groups is 2. The predicted molar refractivity (Wildman–Crippen MR) is 63.1 cm³/mol. The van der Waals surface area contributed by atoms with Gasteiger partial charge < -0.3 is 10.0 Å². The summed E-state index contributed by atoms with van der Waals surface area (Å²) in [5.41, 5.74) is -0.451. The van der Waals surface area contributed by atoms with E-state index in [2.05, 4.69) is 0 Å². The first kappa shape index (κ1) is 14.9. The molecule has 0 radical (unpaired) electrons. The molecule has 16 heavy (non-hydrogen) atoms. The van der Waals surface area contributed by atoms with Gasteiger partial charge in [0.15, 0.2) is 0 Å². The topological polar surface area (TPSA) is 57.6 Å². The van der Waals surface area contributed by atoms with Gasteiger partial charge in [-0.3, -0.25) is 9.59 Å². The van der Waals surface area contributed by atoms with Crippen molar-refractivity contribution >= 4 is 11.9 Å². The maximum absolute atomic E-state index is 12.0. The lowest BCUT2D eigenvalue weighted by Gasteiger charge is -2.30. The largest absolute Gasteiger partial charge is 0.481 e. The Morgan fingerprint density at radius 1 is 1.31 bits per heavy atom. The van der Waals surface area contributed by atoms with E-state index in [0.717, 1.165) is 6.42 Å². The zero-order chi connectivity index (χ0) is 12.9. The molecule has 1 N–H and O–H groups in total. The Kier molecular flexibility index (Phi) is 5.48. The average Bonchev–Trinajstić information content (AvgIpc) is 2.14. The van der Waals surface area contributed by atoms with Crippen LogP contribution >= 0.6 is 0 Å². The summed E-state index contributed by atoms with van der Waals surface area (Å²) in [7, 11) is 0. The average molecular weight is 229 g/mol. The summed E-state index contributed by atoms with van der Waals surface area (Å²) >= 11 is 0. The molecule has 0 bridgehead atoms. The van der Waals surface area contributed by atoms with E-state index in [9.17, 15) is 9.59 Å². The first-order chi connectivity index (χ1) is 7.20. The number of carboxylic acids is 1. The highest BCUT2D eigenvalue weighted by molar-refractivity contribution is 5.82. The van der Waals surface area contributed by atoms with Gasteiger partial charge in [0, 0.05) is 18.5 Å². The lowest BCUT2D eigenvalue weighted by atomic mass is 9.94. The Bertz CT molecular complexity index is 255. The van der Waals surface area contributed by atoms with Crippen LogP contribution in [0.3, 0.4) is 0 Å². The first-order valence-corrected chi connectivity index (χ1v) is 5.72. The van der Waals surface area contributed by atoms with Gasteiger partial charge in [-0.15, -0.1) is 0 Å². The second-order valence-corrected chi connectivity index (χ2v) is 5.24.